The molecule has 5 heterocycles. The zero-order valence-electron chi connectivity index (χ0n) is 24.0. The van der Waals surface area contributed by atoms with E-state index in [1.165, 1.54) is 17.9 Å². The minimum absolute atomic E-state index is 0.0926. The van der Waals surface area contributed by atoms with Crippen LogP contribution in [0, 0.1) is 0 Å². The number of hydrogen-bond donors (Lipinski definition) is 1. The Morgan fingerprint density at radius 1 is 1.10 bits per heavy atom. The van der Waals surface area contributed by atoms with Gasteiger partial charge >= 0.3 is 5.69 Å². The second kappa shape index (κ2) is 9.95. The van der Waals surface area contributed by atoms with Crippen LogP contribution in [0.3, 0.4) is 0 Å². The fourth-order valence-electron chi connectivity index (χ4n) is 6.51. The van der Waals surface area contributed by atoms with E-state index in [1.54, 1.807) is 18.5 Å². The lowest BCUT2D eigenvalue weighted by molar-refractivity contribution is -0.201. The van der Waals surface area contributed by atoms with Gasteiger partial charge in [0.2, 0.25) is 5.91 Å². The second-order valence-electron chi connectivity index (χ2n) is 11.9. The molecule has 0 bridgehead atoms. The van der Waals surface area contributed by atoms with Crippen LogP contribution in [0.5, 0.6) is 0 Å². The third-order valence-corrected chi connectivity index (χ3v) is 9.16. The van der Waals surface area contributed by atoms with Crippen LogP contribution in [-0.2, 0) is 37.1 Å². The summed E-state index contributed by atoms with van der Waals surface area (Å²) in [6.45, 7) is 2.93. The standard InChI is InChI=1S/C29H37N7O5/c1-28(40)17-41-29(16-21(28)36-18-30-25-24(36)26(38)34(4)27(39)33(25)3)12-14-35(15-13-29)23(37)11-7-10-22-31-19-8-5-6-9-20(19)32(22)2/h5-6,8-9,18,21,40H,7,10-17H2,1-4H3/t21-,28-/m0/s1. The van der Waals surface area contributed by atoms with Gasteiger partial charge in [-0.3, -0.25) is 18.7 Å². The number of amides is 1. The first kappa shape index (κ1) is 27.4. The monoisotopic (exact) mass is 563 g/mol. The lowest BCUT2D eigenvalue weighted by Crippen LogP contribution is -2.57. The summed E-state index contributed by atoms with van der Waals surface area (Å²) in [4.78, 5) is 49.6. The Kier molecular flexibility index (Phi) is 6.65. The van der Waals surface area contributed by atoms with Gasteiger partial charge in [-0.2, -0.15) is 0 Å². The molecule has 6 rings (SSSR count). The second-order valence-corrected chi connectivity index (χ2v) is 11.9. The highest BCUT2D eigenvalue weighted by Gasteiger charge is 2.50. The molecule has 1 aromatic carbocycles. The maximum Gasteiger partial charge on any atom is 0.332 e. The maximum atomic E-state index is 13.1. The normalized spacial score (nSPS) is 22.7. The highest BCUT2D eigenvalue weighted by molar-refractivity contribution is 5.77. The number of rotatable bonds is 5. The Balaban J connectivity index is 1.13. The fraction of sp³-hybridized carbons (Fsp3) is 0.552. The molecule has 2 fully saturated rings. The van der Waals surface area contributed by atoms with E-state index in [0.29, 0.717) is 38.8 Å². The quantitative estimate of drug-likeness (QED) is 0.389. The van der Waals surface area contributed by atoms with Crippen LogP contribution in [-0.4, -0.2) is 75.0 Å². The van der Waals surface area contributed by atoms with Crippen LogP contribution in [0.1, 0.15) is 50.9 Å². The Hall–Kier alpha value is -3.77. The smallest absolute Gasteiger partial charge is 0.332 e. The van der Waals surface area contributed by atoms with Crippen molar-refractivity contribution in [3.8, 4) is 0 Å². The van der Waals surface area contributed by atoms with E-state index in [4.69, 9.17) is 9.72 Å². The van der Waals surface area contributed by atoms with E-state index in [0.717, 1.165) is 34.3 Å². The summed E-state index contributed by atoms with van der Waals surface area (Å²) in [6.07, 6.45) is 5.19. The van der Waals surface area contributed by atoms with Crippen LogP contribution < -0.4 is 11.2 Å². The van der Waals surface area contributed by atoms with Crippen LogP contribution in [0.25, 0.3) is 22.2 Å². The zero-order valence-corrected chi connectivity index (χ0v) is 24.0. The Morgan fingerprint density at radius 3 is 2.56 bits per heavy atom. The molecular formula is C29H37N7O5. The van der Waals surface area contributed by atoms with Crippen molar-refractivity contribution in [3.05, 3.63) is 57.3 Å². The minimum Gasteiger partial charge on any atom is -0.386 e. The predicted octanol–water partition coefficient (Wildman–Crippen LogP) is 1.42. The Morgan fingerprint density at radius 2 is 1.83 bits per heavy atom. The maximum absolute atomic E-state index is 13.1. The number of imidazole rings is 2. The molecule has 0 unspecified atom stereocenters. The number of carbonyl (C=O) groups is 1. The van der Waals surface area contributed by atoms with Gasteiger partial charge in [0, 0.05) is 53.5 Å². The van der Waals surface area contributed by atoms with Gasteiger partial charge in [0.05, 0.1) is 35.6 Å². The molecule has 12 heteroatoms. The van der Waals surface area contributed by atoms with Gasteiger partial charge in [-0.25, -0.2) is 14.8 Å². The Labute approximate surface area is 236 Å². The van der Waals surface area contributed by atoms with Gasteiger partial charge in [-0.15, -0.1) is 0 Å². The molecule has 1 spiro atoms. The first-order valence-corrected chi connectivity index (χ1v) is 14.2. The largest absolute Gasteiger partial charge is 0.386 e. The number of para-hydroxylation sites is 2. The average molecular weight is 564 g/mol. The molecular weight excluding hydrogens is 526 g/mol. The topological polar surface area (TPSA) is 129 Å². The molecule has 0 saturated carbocycles. The van der Waals surface area contributed by atoms with E-state index in [2.05, 4.69) is 15.6 Å². The lowest BCUT2D eigenvalue weighted by atomic mass is 9.77. The third kappa shape index (κ3) is 4.58. The number of fused-ring (bicyclic) bond motifs is 2. The molecule has 2 atom stereocenters. The molecule has 4 aromatic rings. The molecule has 2 aliphatic heterocycles. The molecule has 41 heavy (non-hydrogen) atoms. The van der Waals surface area contributed by atoms with Gasteiger partial charge in [-0.1, -0.05) is 12.1 Å². The SMILES string of the molecule is Cn1c(=O)c2c(ncn2[C@H]2CC3(CCN(C(=O)CCCc4nc5ccccc5n4C)CC3)OC[C@]2(C)O)n(C)c1=O. The number of hydrogen-bond acceptors (Lipinski definition) is 7. The van der Waals surface area contributed by atoms with E-state index in [9.17, 15) is 19.5 Å². The number of ether oxygens (including phenoxy) is 1. The summed E-state index contributed by atoms with van der Waals surface area (Å²) in [5.41, 5.74) is -0.0489. The van der Waals surface area contributed by atoms with Crippen LogP contribution in [0.2, 0.25) is 0 Å². The van der Waals surface area contributed by atoms with E-state index < -0.39 is 28.5 Å². The molecule has 3 aromatic heterocycles. The first-order chi connectivity index (χ1) is 19.5. The van der Waals surface area contributed by atoms with Crippen molar-refractivity contribution in [2.75, 3.05) is 19.7 Å². The number of aromatic nitrogens is 6. The van der Waals surface area contributed by atoms with Crippen molar-refractivity contribution in [1.29, 1.82) is 0 Å². The molecule has 12 nitrogen and oxygen atoms in total. The number of nitrogens with zero attached hydrogens (tertiary/aromatic N) is 7. The van der Waals surface area contributed by atoms with Crippen molar-refractivity contribution in [2.45, 2.75) is 62.7 Å². The number of likely N-dealkylation sites (tertiary alicyclic amines) is 1. The summed E-state index contributed by atoms with van der Waals surface area (Å²) in [5.74, 6) is 1.11. The van der Waals surface area contributed by atoms with Crippen LogP contribution in [0.4, 0.5) is 0 Å². The van der Waals surface area contributed by atoms with Crippen LogP contribution in [0.15, 0.2) is 40.2 Å². The fourth-order valence-corrected chi connectivity index (χ4v) is 6.51. The van der Waals surface area contributed by atoms with Gasteiger partial charge in [-0.05, 0) is 38.3 Å². The Bertz CT molecular complexity index is 1750. The molecule has 0 aliphatic carbocycles. The summed E-state index contributed by atoms with van der Waals surface area (Å²) in [7, 11) is 5.03. The number of aryl methyl sites for hydroxylation is 3. The van der Waals surface area contributed by atoms with E-state index in [-0.39, 0.29) is 23.7 Å². The summed E-state index contributed by atoms with van der Waals surface area (Å²) >= 11 is 0. The number of carbonyl (C=O) groups excluding carboxylic acids is 1. The van der Waals surface area contributed by atoms with Gasteiger partial charge in [0.25, 0.3) is 5.56 Å². The van der Waals surface area contributed by atoms with Gasteiger partial charge in [0.1, 0.15) is 11.4 Å². The van der Waals surface area contributed by atoms with Gasteiger partial charge in [0.15, 0.2) is 11.2 Å². The number of piperidine rings is 1. The summed E-state index contributed by atoms with van der Waals surface area (Å²) in [5, 5.41) is 11.3. The minimum atomic E-state index is -1.25. The number of aliphatic hydroxyl groups is 1. The molecule has 2 saturated heterocycles. The molecule has 1 amide bonds. The lowest BCUT2D eigenvalue weighted by Gasteiger charge is -2.51. The summed E-state index contributed by atoms with van der Waals surface area (Å²) in [6, 6.07) is 7.55. The number of benzene rings is 1. The van der Waals surface area contributed by atoms with Crippen molar-refractivity contribution in [2.24, 2.45) is 21.1 Å². The first-order valence-electron chi connectivity index (χ1n) is 14.2. The summed E-state index contributed by atoms with van der Waals surface area (Å²) < 4.78 is 12.5. The third-order valence-electron chi connectivity index (χ3n) is 9.16. The van der Waals surface area contributed by atoms with E-state index in [1.807, 2.05) is 30.1 Å². The molecule has 2 aliphatic rings. The molecule has 0 radical (unpaired) electrons. The molecule has 1 N–H and O–H groups in total. The van der Waals surface area contributed by atoms with Crippen molar-refractivity contribution in [1.82, 2.24) is 33.1 Å². The average Bonchev–Trinajstić information content (AvgIpc) is 3.54. The van der Waals surface area contributed by atoms with Crippen LogP contribution >= 0.6 is 0 Å². The molecule has 218 valence electrons. The van der Waals surface area contributed by atoms with Crippen molar-refractivity contribution >= 4 is 28.1 Å². The highest BCUT2D eigenvalue weighted by atomic mass is 16.5. The highest BCUT2D eigenvalue weighted by Crippen LogP contribution is 2.44. The van der Waals surface area contributed by atoms with Gasteiger partial charge < -0.3 is 23.9 Å². The van der Waals surface area contributed by atoms with Crippen molar-refractivity contribution in [3.63, 3.8) is 0 Å². The predicted molar refractivity (Wildman–Crippen MR) is 153 cm³/mol. The van der Waals surface area contributed by atoms with Crippen molar-refractivity contribution < 1.29 is 14.6 Å². The zero-order chi connectivity index (χ0) is 29.1. The van der Waals surface area contributed by atoms with E-state index >= 15 is 0 Å².